The van der Waals surface area contributed by atoms with Gasteiger partial charge < -0.3 is 10.1 Å². The van der Waals surface area contributed by atoms with E-state index in [0.29, 0.717) is 6.04 Å². The summed E-state index contributed by atoms with van der Waals surface area (Å²) in [5.74, 6) is 1.61. The zero-order chi connectivity index (χ0) is 14.4. The molecule has 0 spiro atoms. The first-order valence-electron chi connectivity index (χ1n) is 7.86. The van der Waals surface area contributed by atoms with E-state index >= 15 is 0 Å². The standard InChI is InChI=1S/C17H26ClNO/c1-3-11-19-17(14-7-4-5-8-14)13(2)20-16-10-6-9-15(18)12-16/h6,9-10,12-14,17,19H,3-5,7-8,11H2,1-2H3. The number of hydrogen-bond donors (Lipinski definition) is 1. The molecule has 1 aliphatic carbocycles. The Hall–Kier alpha value is -0.730. The van der Waals surface area contributed by atoms with E-state index in [2.05, 4.69) is 19.2 Å². The van der Waals surface area contributed by atoms with E-state index in [1.165, 1.54) is 25.7 Å². The minimum atomic E-state index is 0.170. The van der Waals surface area contributed by atoms with Crippen LogP contribution in [0.2, 0.25) is 5.02 Å². The van der Waals surface area contributed by atoms with Crippen molar-refractivity contribution in [2.24, 2.45) is 5.92 Å². The third-order valence-corrected chi connectivity index (χ3v) is 4.40. The summed E-state index contributed by atoms with van der Waals surface area (Å²) >= 11 is 6.02. The van der Waals surface area contributed by atoms with Gasteiger partial charge in [0, 0.05) is 11.1 Å². The van der Waals surface area contributed by atoms with Gasteiger partial charge in [0.1, 0.15) is 11.9 Å². The lowest BCUT2D eigenvalue weighted by molar-refractivity contribution is 0.135. The normalized spacial score (nSPS) is 18.9. The molecular formula is C17H26ClNO. The Kier molecular flexibility index (Phi) is 6.18. The molecule has 3 heteroatoms. The van der Waals surface area contributed by atoms with E-state index in [1.54, 1.807) is 0 Å². The van der Waals surface area contributed by atoms with Gasteiger partial charge in [-0.15, -0.1) is 0 Å². The molecule has 0 radical (unpaired) electrons. The number of benzene rings is 1. The topological polar surface area (TPSA) is 21.3 Å². The molecule has 2 rings (SSSR count). The van der Waals surface area contributed by atoms with Crippen LogP contribution in [0.1, 0.15) is 46.0 Å². The molecule has 112 valence electrons. The van der Waals surface area contributed by atoms with Crippen molar-refractivity contribution < 1.29 is 4.74 Å². The SMILES string of the molecule is CCCNC(C1CCCC1)C(C)Oc1cccc(Cl)c1. The molecule has 1 aromatic carbocycles. The summed E-state index contributed by atoms with van der Waals surface area (Å²) in [5.41, 5.74) is 0. The Labute approximate surface area is 127 Å². The Morgan fingerprint density at radius 1 is 1.35 bits per heavy atom. The number of nitrogens with one attached hydrogen (secondary N) is 1. The second-order valence-corrected chi connectivity index (χ2v) is 6.24. The maximum absolute atomic E-state index is 6.12. The molecule has 20 heavy (non-hydrogen) atoms. The summed E-state index contributed by atoms with van der Waals surface area (Å²) in [6.45, 7) is 5.44. The molecule has 1 saturated carbocycles. The molecular weight excluding hydrogens is 270 g/mol. The average molecular weight is 296 g/mol. The van der Waals surface area contributed by atoms with Gasteiger partial charge in [-0.05, 0) is 56.8 Å². The molecule has 2 nitrogen and oxygen atoms in total. The first-order valence-corrected chi connectivity index (χ1v) is 8.24. The summed E-state index contributed by atoms with van der Waals surface area (Å²) in [4.78, 5) is 0. The number of ether oxygens (including phenoxy) is 1. The monoisotopic (exact) mass is 295 g/mol. The summed E-state index contributed by atoms with van der Waals surface area (Å²) in [7, 11) is 0. The van der Waals surface area contributed by atoms with Gasteiger partial charge in [0.15, 0.2) is 0 Å². The van der Waals surface area contributed by atoms with Crippen LogP contribution in [0.4, 0.5) is 0 Å². The van der Waals surface area contributed by atoms with Gasteiger partial charge in [0.05, 0.1) is 0 Å². The summed E-state index contributed by atoms with van der Waals surface area (Å²) in [5, 5.41) is 4.42. The smallest absolute Gasteiger partial charge is 0.121 e. The fraction of sp³-hybridized carbons (Fsp3) is 0.647. The van der Waals surface area contributed by atoms with E-state index in [9.17, 15) is 0 Å². The van der Waals surface area contributed by atoms with E-state index in [4.69, 9.17) is 16.3 Å². The van der Waals surface area contributed by atoms with Crippen LogP contribution in [0.5, 0.6) is 5.75 Å². The van der Waals surface area contributed by atoms with Gasteiger partial charge in [-0.3, -0.25) is 0 Å². The summed E-state index contributed by atoms with van der Waals surface area (Å²) in [6.07, 6.45) is 6.70. The van der Waals surface area contributed by atoms with E-state index in [-0.39, 0.29) is 6.10 Å². The molecule has 0 amide bonds. The van der Waals surface area contributed by atoms with Crippen molar-refractivity contribution in [1.29, 1.82) is 0 Å². The van der Waals surface area contributed by atoms with Crippen molar-refractivity contribution in [3.05, 3.63) is 29.3 Å². The van der Waals surface area contributed by atoms with Crippen LogP contribution in [-0.4, -0.2) is 18.7 Å². The van der Waals surface area contributed by atoms with E-state index in [0.717, 1.165) is 29.7 Å². The van der Waals surface area contributed by atoms with Crippen molar-refractivity contribution in [1.82, 2.24) is 5.32 Å². The number of halogens is 1. The van der Waals surface area contributed by atoms with Crippen molar-refractivity contribution >= 4 is 11.6 Å². The lowest BCUT2D eigenvalue weighted by Crippen LogP contribution is -2.46. The zero-order valence-electron chi connectivity index (χ0n) is 12.6. The summed E-state index contributed by atoms with van der Waals surface area (Å²) in [6, 6.07) is 8.13. The first kappa shape index (κ1) is 15.7. The Morgan fingerprint density at radius 2 is 2.10 bits per heavy atom. The van der Waals surface area contributed by atoms with Crippen molar-refractivity contribution in [3.63, 3.8) is 0 Å². The molecule has 2 unspecified atom stereocenters. The van der Waals surface area contributed by atoms with Gasteiger partial charge in [-0.25, -0.2) is 0 Å². The molecule has 0 bridgehead atoms. The highest BCUT2D eigenvalue weighted by molar-refractivity contribution is 6.30. The lowest BCUT2D eigenvalue weighted by Gasteiger charge is -2.31. The number of rotatable bonds is 7. The minimum absolute atomic E-state index is 0.170. The third kappa shape index (κ3) is 4.39. The van der Waals surface area contributed by atoms with Crippen LogP contribution in [0, 0.1) is 5.92 Å². The predicted octanol–water partition coefficient (Wildman–Crippen LogP) is 4.67. The van der Waals surface area contributed by atoms with Gasteiger partial charge in [0.2, 0.25) is 0 Å². The van der Waals surface area contributed by atoms with Gasteiger partial charge >= 0.3 is 0 Å². The zero-order valence-corrected chi connectivity index (χ0v) is 13.3. The largest absolute Gasteiger partial charge is 0.489 e. The maximum atomic E-state index is 6.12. The van der Waals surface area contributed by atoms with E-state index < -0.39 is 0 Å². The minimum Gasteiger partial charge on any atom is -0.489 e. The molecule has 0 aromatic heterocycles. The second-order valence-electron chi connectivity index (χ2n) is 5.80. The maximum Gasteiger partial charge on any atom is 0.121 e. The molecule has 1 fully saturated rings. The molecule has 2 atom stereocenters. The Morgan fingerprint density at radius 3 is 2.75 bits per heavy atom. The molecule has 1 aliphatic rings. The van der Waals surface area contributed by atoms with Crippen LogP contribution in [0.25, 0.3) is 0 Å². The third-order valence-electron chi connectivity index (χ3n) is 4.16. The van der Waals surface area contributed by atoms with Crippen LogP contribution in [-0.2, 0) is 0 Å². The second kappa shape index (κ2) is 7.90. The van der Waals surface area contributed by atoms with Gasteiger partial charge in [-0.1, -0.05) is 37.4 Å². The van der Waals surface area contributed by atoms with Gasteiger partial charge in [0.25, 0.3) is 0 Å². The van der Waals surface area contributed by atoms with Gasteiger partial charge in [-0.2, -0.15) is 0 Å². The van der Waals surface area contributed by atoms with Crippen LogP contribution in [0.15, 0.2) is 24.3 Å². The lowest BCUT2D eigenvalue weighted by atomic mass is 9.94. The predicted molar refractivity (Wildman–Crippen MR) is 85.6 cm³/mol. The molecule has 0 aliphatic heterocycles. The molecule has 0 saturated heterocycles. The highest BCUT2D eigenvalue weighted by Crippen LogP contribution is 2.30. The quantitative estimate of drug-likeness (QED) is 0.789. The Balaban J connectivity index is 1.99. The summed E-state index contributed by atoms with van der Waals surface area (Å²) < 4.78 is 6.12. The molecule has 1 aromatic rings. The fourth-order valence-corrected chi connectivity index (χ4v) is 3.35. The Bertz CT molecular complexity index is 404. The van der Waals surface area contributed by atoms with Crippen LogP contribution >= 0.6 is 11.6 Å². The fourth-order valence-electron chi connectivity index (χ4n) is 3.17. The highest BCUT2D eigenvalue weighted by atomic mass is 35.5. The molecule has 1 N–H and O–H groups in total. The van der Waals surface area contributed by atoms with Crippen molar-refractivity contribution in [2.45, 2.75) is 58.1 Å². The van der Waals surface area contributed by atoms with Crippen LogP contribution < -0.4 is 10.1 Å². The van der Waals surface area contributed by atoms with Crippen molar-refractivity contribution in [3.8, 4) is 5.75 Å². The van der Waals surface area contributed by atoms with Crippen LogP contribution in [0.3, 0.4) is 0 Å². The first-order chi connectivity index (χ1) is 9.70. The average Bonchev–Trinajstić information content (AvgIpc) is 2.93. The van der Waals surface area contributed by atoms with E-state index in [1.807, 2.05) is 24.3 Å². The highest BCUT2D eigenvalue weighted by Gasteiger charge is 2.29. The number of hydrogen-bond acceptors (Lipinski definition) is 2. The molecule has 0 heterocycles. The van der Waals surface area contributed by atoms with Crippen molar-refractivity contribution in [2.75, 3.05) is 6.54 Å².